The summed E-state index contributed by atoms with van der Waals surface area (Å²) in [7, 11) is 1.87. The number of carbonyl (C=O) groups excluding carboxylic acids is 2. The van der Waals surface area contributed by atoms with Crippen molar-refractivity contribution < 1.29 is 9.59 Å². The van der Waals surface area contributed by atoms with E-state index in [1.807, 2.05) is 106 Å². The minimum Gasteiger partial charge on any atom is -0.365 e. The molecule has 1 heterocycles. The molecule has 0 radical (unpaired) electrons. The smallest absolute Gasteiger partial charge is 0.282 e. The van der Waals surface area contributed by atoms with Crippen LogP contribution in [-0.4, -0.2) is 23.8 Å². The van der Waals surface area contributed by atoms with Crippen molar-refractivity contribution in [1.29, 1.82) is 0 Å². The Morgan fingerprint density at radius 1 is 0.774 bits per heavy atom. The van der Waals surface area contributed by atoms with Gasteiger partial charge >= 0.3 is 0 Å². The third-order valence-corrected chi connectivity index (χ3v) is 5.61. The van der Waals surface area contributed by atoms with Crippen LogP contribution in [-0.2, 0) is 16.1 Å². The molecule has 0 unspecified atom stereocenters. The van der Waals surface area contributed by atoms with Crippen LogP contribution in [0.15, 0.2) is 78.5 Å². The van der Waals surface area contributed by atoms with Gasteiger partial charge in [0.05, 0.1) is 11.3 Å². The van der Waals surface area contributed by atoms with Crippen LogP contribution in [0.3, 0.4) is 0 Å². The summed E-state index contributed by atoms with van der Waals surface area (Å²) < 4.78 is 0. The number of benzene rings is 3. The minimum absolute atomic E-state index is 0.280. The molecule has 3 aromatic rings. The van der Waals surface area contributed by atoms with Gasteiger partial charge in [-0.15, -0.1) is 0 Å². The lowest BCUT2D eigenvalue weighted by atomic mass is 9.97. The van der Waals surface area contributed by atoms with Crippen LogP contribution in [0.1, 0.15) is 27.8 Å². The highest BCUT2D eigenvalue weighted by Crippen LogP contribution is 2.36. The number of aryl methyl sites for hydroxylation is 3. The van der Waals surface area contributed by atoms with Crippen LogP contribution in [0.25, 0.3) is 5.57 Å². The van der Waals surface area contributed by atoms with Crippen molar-refractivity contribution in [3.8, 4) is 0 Å². The average molecular weight is 411 g/mol. The molecule has 0 bridgehead atoms. The summed E-state index contributed by atoms with van der Waals surface area (Å²) in [4.78, 5) is 30.5. The van der Waals surface area contributed by atoms with Crippen molar-refractivity contribution >= 4 is 23.1 Å². The molecule has 4 heteroatoms. The van der Waals surface area contributed by atoms with Crippen molar-refractivity contribution in [2.75, 3.05) is 11.9 Å². The maximum atomic E-state index is 13.7. The lowest BCUT2D eigenvalue weighted by Crippen LogP contribution is -2.34. The zero-order valence-electron chi connectivity index (χ0n) is 18.3. The fourth-order valence-electron chi connectivity index (χ4n) is 4.15. The van der Waals surface area contributed by atoms with E-state index in [0.29, 0.717) is 23.5 Å². The number of hydrogen-bond acceptors (Lipinski definition) is 3. The number of imide groups is 1. The molecule has 0 atom stereocenters. The van der Waals surface area contributed by atoms with E-state index >= 15 is 0 Å². The van der Waals surface area contributed by atoms with Crippen molar-refractivity contribution in [2.45, 2.75) is 27.3 Å². The van der Waals surface area contributed by atoms with E-state index in [1.54, 1.807) is 0 Å². The molecule has 0 fully saturated rings. The number of hydrogen-bond donors (Lipinski definition) is 0. The Bertz CT molecular complexity index is 1190. The fourth-order valence-corrected chi connectivity index (χ4v) is 4.15. The van der Waals surface area contributed by atoms with Crippen molar-refractivity contribution in [2.24, 2.45) is 0 Å². The second-order valence-electron chi connectivity index (χ2n) is 8.17. The van der Waals surface area contributed by atoms with Gasteiger partial charge in [0.15, 0.2) is 0 Å². The van der Waals surface area contributed by atoms with E-state index in [1.165, 1.54) is 4.90 Å². The highest BCUT2D eigenvalue weighted by Gasteiger charge is 2.42. The normalized spacial score (nSPS) is 13.9. The molecule has 0 saturated heterocycles. The fraction of sp³-hybridized carbons (Fsp3) is 0.185. The van der Waals surface area contributed by atoms with Gasteiger partial charge in [0, 0.05) is 13.6 Å². The van der Waals surface area contributed by atoms with Gasteiger partial charge in [-0.05, 0) is 55.2 Å². The number of anilines is 1. The average Bonchev–Trinajstić information content (AvgIpc) is 2.99. The summed E-state index contributed by atoms with van der Waals surface area (Å²) >= 11 is 0. The van der Waals surface area contributed by atoms with Crippen LogP contribution >= 0.6 is 0 Å². The largest absolute Gasteiger partial charge is 0.365 e. The van der Waals surface area contributed by atoms with Crippen LogP contribution < -0.4 is 4.90 Å². The Morgan fingerprint density at radius 3 is 2.16 bits per heavy atom. The van der Waals surface area contributed by atoms with Gasteiger partial charge < -0.3 is 4.90 Å². The molecule has 156 valence electrons. The van der Waals surface area contributed by atoms with Crippen molar-refractivity contribution in [3.63, 3.8) is 0 Å². The lowest BCUT2D eigenvalue weighted by Gasteiger charge is -2.22. The molecule has 4 rings (SSSR count). The second kappa shape index (κ2) is 8.23. The third kappa shape index (κ3) is 3.89. The predicted molar refractivity (Wildman–Crippen MR) is 124 cm³/mol. The molecule has 0 spiro atoms. The summed E-state index contributed by atoms with van der Waals surface area (Å²) in [6, 6.07) is 23.4. The predicted octanol–water partition coefficient (Wildman–Crippen LogP) is 5.03. The molecule has 3 aromatic carbocycles. The first-order valence-electron chi connectivity index (χ1n) is 10.4. The Morgan fingerprint density at radius 2 is 1.48 bits per heavy atom. The summed E-state index contributed by atoms with van der Waals surface area (Å²) in [5.74, 6) is -0.568. The summed E-state index contributed by atoms with van der Waals surface area (Å²) in [6.07, 6.45) is 0. The highest BCUT2D eigenvalue weighted by atomic mass is 16.2. The maximum Gasteiger partial charge on any atom is 0.282 e. The Hall–Kier alpha value is -3.66. The maximum absolute atomic E-state index is 13.7. The zero-order valence-corrected chi connectivity index (χ0v) is 18.3. The first-order chi connectivity index (χ1) is 14.9. The van der Waals surface area contributed by atoms with E-state index in [-0.39, 0.29) is 11.8 Å². The first kappa shape index (κ1) is 20.6. The van der Waals surface area contributed by atoms with Crippen LogP contribution in [0, 0.1) is 20.8 Å². The van der Waals surface area contributed by atoms with Gasteiger partial charge in [0.25, 0.3) is 11.8 Å². The van der Waals surface area contributed by atoms with Crippen molar-refractivity contribution in [1.82, 2.24) is 4.90 Å². The van der Waals surface area contributed by atoms with E-state index < -0.39 is 0 Å². The summed E-state index contributed by atoms with van der Waals surface area (Å²) in [5.41, 5.74) is 6.46. The summed E-state index contributed by atoms with van der Waals surface area (Å²) in [5, 5.41) is 0. The van der Waals surface area contributed by atoms with E-state index in [9.17, 15) is 9.59 Å². The van der Waals surface area contributed by atoms with Gasteiger partial charge in [-0.1, -0.05) is 66.2 Å². The number of nitrogens with zero attached hydrogens (tertiary/aromatic N) is 2. The topological polar surface area (TPSA) is 40.6 Å². The quantitative estimate of drug-likeness (QED) is 0.554. The summed E-state index contributed by atoms with van der Waals surface area (Å²) in [6.45, 7) is 6.49. The van der Waals surface area contributed by atoms with Crippen LogP contribution in [0.2, 0.25) is 0 Å². The van der Waals surface area contributed by atoms with E-state index in [2.05, 4.69) is 0 Å². The molecule has 1 aliphatic rings. The van der Waals surface area contributed by atoms with Crippen LogP contribution in [0.4, 0.5) is 5.69 Å². The molecule has 0 aliphatic carbocycles. The van der Waals surface area contributed by atoms with Gasteiger partial charge in [0.2, 0.25) is 0 Å². The standard InChI is InChI=1S/C27H26N2O2/c1-18-9-8-12-22(16-18)29-26(30)24(23-14-13-19(2)15-20(23)3)25(27(29)31)28(4)17-21-10-6-5-7-11-21/h5-16H,17H2,1-4H3. The second-order valence-corrected chi connectivity index (χ2v) is 8.17. The monoisotopic (exact) mass is 410 g/mol. The molecule has 0 saturated carbocycles. The first-order valence-corrected chi connectivity index (χ1v) is 10.4. The number of rotatable bonds is 5. The molecule has 4 nitrogen and oxygen atoms in total. The number of carbonyl (C=O) groups is 2. The molecule has 2 amide bonds. The van der Waals surface area contributed by atoms with E-state index in [0.717, 1.165) is 27.8 Å². The number of amides is 2. The van der Waals surface area contributed by atoms with Gasteiger partial charge in [-0.3, -0.25) is 9.59 Å². The third-order valence-electron chi connectivity index (χ3n) is 5.61. The van der Waals surface area contributed by atoms with Gasteiger partial charge in [-0.2, -0.15) is 0 Å². The molecule has 1 aliphatic heterocycles. The SMILES string of the molecule is Cc1cccc(N2C(=O)C(c3ccc(C)cc3C)=C(N(C)Cc3ccccc3)C2=O)c1. The molecular weight excluding hydrogens is 384 g/mol. The van der Waals surface area contributed by atoms with Gasteiger partial charge in [0.1, 0.15) is 5.70 Å². The number of likely N-dealkylation sites (N-methyl/N-ethyl adjacent to an activating group) is 1. The highest BCUT2D eigenvalue weighted by molar-refractivity contribution is 6.45. The molecular formula is C27H26N2O2. The van der Waals surface area contributed by atoms with Crippen LogP contribution in [0.5, 0.6) is 0 Å². The Labute approximate surface area is 183 Å². The van der Waals surface area contributed by atoms with Gasteiger partial charge in [-0.25, -0.2) is 4.90 Å². The molecule has 31 heavy (non-hydrogen) atoms. The van der Waals surface area contributed by atoms with E-state index in [4.69, 9.17) is 0 Å². The molecule has 0 N–H and O–H groups in total. The Balaban J connectivity index is 1.84. The zero-order chi connectivity index (χ0) is 22.1. The Kier molecular flexibility index (Phi) is 5.47. The lowest BCUT2D eigenvalue weighted by molar-refractivity contribution is -0.120. The molecule has 0 aromatic heterocycles. The minimum atomic E-state index is -0.288. The van der Waals surface area contributed by atoms with Crippen molar-refractivity contribution in [3.05, 3.63) is 106 Å².